The molecule has 3 aromatic heterocycles. The Hall–Kier alpha value is -4.45. The van der Waals surface area contributed by atoms with Gasteiger partial charge in [-0.3, -0.25) is 4.79 Å². The summed E-state index contributed by atoms with van der Waals surface area (Å²) in [6, 6.07) is 24.4. The van der Waals surface area contributed by atoms with Crippen LogP contribution in [0.4, 0.5) is 5.69 Å². The van der Waals surface area contributed by atoms with E-state index in [1.807, 2.05) is 60.7 Å². The molecule has 0 bridgehead atoms. The number of furan rings is 1. The van der Waals surface area contributed by atoms with Crippen LogP contribution in [0, 0.1) is 0 Å². The largest absolute Gasteiger partial charge is 0.457 e. The van der Waals surface area contributed by atoms with Gasteiger partial charge >= 0.3 is 0 Å². The Bertz CT molecular complexity index is 1330. The number of fused-ring (bicyclic) bond motifs is 1. The molecule has 1 N–H and O–H groups in total. The monoisotopic (exact) mass is 407 g/mol. The summed E-state index contributed by atoms with van der Waals surface area (Å²) in [6.45, 7) is 0. The zero-order chi connectivity index (χ0) is 21.0. The third-order valence-electron chi connectivity index (χ3n) is 4.65. The summed E-state index contributed by atoms with van der Waals surface area (Å²) in [4.78, 5) is 20.8. The molecule has 2 aromatic carbocycles. The minimum atomic E-state index is -0.253. The fourth-order valence-electron chi connectivity index (χ4n) is 3.13. The lowest BCUT2D eigenvalue weighted by Gasteiger charge is -2.02. The molecule has 150 valence electrons. The molecule has 5 rings (SSSR count). The molecule has 0 spiro atoms. The number of carbonyl (C=O) groups is 1. The van der Waals surface area contributed by atoms with Gasteiger partial charge in [0.25, 0.3) is 0 Å². The average molecular weight is 407 g/mol. The maximum atomic E-state index is 12.3. The first kappa shape index (κ1) is 18.6. The Morgan fingerprint density at radius 2 is 1.68 bits per heavy atom. The molecule has 31 heavy (non-hydrogen) atoms. The molecular formula is C25H17N3O3. The number of carbonyl (C=O) groups excluding carboxylic acids is 1. The molecule has 3 heterocycles. The second-order valence-electron chi connectivity index (χ2n) is 6.81. The first-order chi connectivity index (χ1) is 15.2. The summed E-state index contributed by atoms with van der Waals surface area (Å²) < 4.78 is 11.5. The highest BCUT2D eigenvalue weighted by Gasteiger charge is 2.09. The van der Waals surface area contributed by atoms with Crippen molar-refractivity contribution < 1.29 is 13.6 Å². The first-order valence-electron chi connectivity index (χ1n) is 9.71. The van der Waals surface area contributed by atoms with Crippen LogP contribution < -0.4 is 5.32 Å². The number of oxazole rings is 1. The van der Waals surface area contributed by atoms with Crippen LogP contribution in [0.15, 0.2) is 100.0 Å². The van der Waals surface area contributed by atoms with E-state index in [0.717, 1.165) is 16.9 Å². The van der Waals surface area contributed by atoms with Crippen molar-refractivity contribution in [3.8, 4) is 22.8 Å². The molecule has 0 aliphatic rings. The fraction of sp³-hybridized carbons (Fsp3) is 0. The lowest BCUT2D eigenvalue weighted by molar-refractivity contribution is -0.111. The van der Waals surface area contributed by atoms with Gasteiger partial charge in [-0.15, -0.1) is 0 Å². The number of anilines is 1. The van der Waals surface area contributed by atoms with Crippen molar-refractivity contribution in [2.75, 3.05) is 5.32 Å². The summed E-state index contributed by atoms with van der Waals surface area (Å²) in [5, 5.41) is 2.83. The van der Waals surface area contributed by atoms with Crippen molar-refractivity contribution >= 4 is 28.9 Å². The van der Waals surface area contributed by atoms with Gasteiger partial charge in [-0.1, -0.05) is 30.3 Å². The number of rotatable bonds is 5. The van der Waals surface area contributed by atoms with Crippen LogP contribution in [-0.2, 0) is 4.79 Å². The van der Waals surface area contributed by atoms with E-state index in [0.29, 0.717) is 28.6 Å². The molecule has 5 aromatic rings. The highest BCUT2D eigenvalue weighted by Crippen LogP contribution is 2.25. The zero-order valence-electron chi connectivity index (χ0n) is 16.4. The van der Waals surface area contributed by atoms with E-state index in [4.69, 9.17) is 8.83 Å². The van der Waals surface area contributed by atoms with E-state index >= 15 is 0 Å². The van der Waals surface area contributed by atoms with Gasteiger partial charge in [0, 0.05) is 29.1 Å². The fourth-order valence-corrected chi connectivity index (χ4v) is 3.13. The Morgan fingerprint density at radius 3 is 2.48 bits per heavy atom. The van der Waals surface area contributed by atoms with Crippen LogP contribution in [0.2, 0.25) is 0 Å². The van der Waals surface area contributed by atoms with Crippen LogP contribution in [0.1, 0.15) is 5.76 Å². The van der Waals surface area contributed by atoms with Crippen LogP contribution in [0.25, 0.3) is 40.1 Å². The van der Waals surface area contributed by atoms with Gasteiger partial charge in [-0.05, 0) is 54.6 Å². The van der Waals surface area contributed by atoms with E-state index in [1.165, 1.54) is 6.08 Å². The minimum Gasteiger partial charge on any atom is -0.457 e. The SMILES string of the molecule is O=C(/C=C/c1ccc(-c2ccccc2)o1)Nc1ccc(-c2nc3ncccc3o2)cc1. The van der Waals surface area contributed by atoms with Crippen molar-refractivity contribution in [1.29, 1.82) is 0 Å². The van der Waals surface area contributed by atoms with Crippen molar-refractivity contribution in [2.24, 2.45) is 0 Å². The van der Waals surface area contributed by atoms with Gasteiger partial charge in [0.05, 0.1) is 0 Å². The summed E-state index contributed by atoms with van der Waals surface area (Å²) in [5.74, 6) is 1.59. The highest BCUT2D eigenvalue weighted by molar-refractivity contribution is 6.01. The van der Waals surface area contributed by atoms with Crippen LogP contribution in [-0.4, -0.2) is 15.9 Å². The molecule has 0 unspecified atom stereocenters. The molecule has 0 saturated carbocycles. The minimum absolute atomic E-state index is 0.253. The van der Waals surface area contributed by atoms with Crippen molar-refractivity contribution in [2.45, 2.75) is 0 Å². The predicted octanol–water partition coefficient (Wildman–Crippen LogP) is 5.80. The second-order valence-corrected chi connectivity index (χ2v) is 6.81. The molecule has 6 heteroatoms. The smallest absolute Gasteiger partial charge is 0.248 e. The Labute approximate surface area is 177 Å². The van der Waals surface area contributed by atoms with Crippen LogP contribution in [0.3, 0.4) is 0 Å². The molecule has 0 fully saturated rings. The quantitative estimate of drug-likeness (QED) is 0.372. The van der Waals surface area contributed by atoms with E-state index in [2.05, 4.69) is 15.3 Å². The van der Waals surface area contributed by atoms with Gasteiger partial charge in [0.15, 0.2) is 11.2 Å². The molecule has 0 atom stereocenters. The predicted molar refractivity (Wildman–Crippen MR) is 119 cm³/mol. The molecule has 0 radical (unpaired) electrons. The molecule has 0 aliphatic heterocycles. The van der Waals surface area contributed by atoms with Crippen LogP contribution in [0.5, 0.6) is 0 Å². The topological polar surface area (TPSA) is 81.2 Å². The van der Waals surface area contributed by atoms with Gasteiger partial charge in [-0.25, -0.2) is 4.98 Å². The van der Waals surface area contributed by atoms with Crippen molar-refractivity contribution in [1.82, 2.24) is 9.97 Å². The van der Waals surface area contributed by atoms with E-state index in [-0.39, 0.29) is 5.91 Å². The lowest BCUT2D eigenvalue weighted by atomic mass is 10.2. The summed E-state index contributed by atoms with van der Waals surface area (Å²) in [6.07, 6.45) is 4.75. The summed E-state index contributed by atoms with van der Waals surface area (Å²) in [5.41, 5.74) is 3.65. The lowest BCUT2D eigenvalue weighted by Crippen LogP contribution is -2.07. The molecular weight excluding hydrogens is 390 g/mol. The van der Waals surface area contributed by atoms with E-state index in [9.17, 15) is 4.79 Å². The van der Waals surface area contributed by atoms with Crippen LogP contribution >= 0.6 is 0 Å². The number of pyridine rings is 1. The number of amides is 1. The van der Waals surface area contributed by atoms with Crippen molar-refractivity contribution in [3.63, 3.8) is 0 Å². The van der Waals surface area contributed by atoms with Crippen molar-refractivity contribution in [3.05, 3.63) is 96.9 Å². The molecule has 1 amide bonds. The summed E-state index contributed by atoms with van der Waals surface area (Å²) >= 11 is 0. The number of hydrogen-bond acceptors (Lipinski definition) is 5. The highest BCUT2D eigenvalue weighted by atomic mass is 16.3. The normalized spacial score (nSPS) is 11.2. The Kier molecular flexibility index (Phi) is 4.86. The number of benzene rings is 2. The maximum Gasteiger partial charge on any atom is 0.248 e. The van der Waals surface area contributed by atoms with E-state index in [1.54, 1.807) is 30.5 Å². The standard InChI is InChI=1S/C25H17N3O3/c29-23(15-13-20-12-14-21(30-20)17-5-2-1-3-6-17)27-19-10-8-18(9-11-19)25-28-24-22(31-25)7-4-16-26-24/h1-16H,(H,27,29)/b15-13+. The Balaban J connectivity index is 1.24. The average Bonchev–Trinajstić information content (AvgIpc) is 3.46. The number of nitrogens with one attached hydrogen (secondary N) is 1. The van der Waals surface area contributed by atoms with Gasteiger partial charge < -0.3 is 14.2 Å². The number of aromatic nitrogens is 2. The third kappa shape index (κ3) is 4.13. The summed E-state index contributed by atoms with van der Waals surface area (Å²) in [7, 11) is 0. The van der Waals surface area contributed by atoms with Gasteiger partial charge in [0.1, 0.15) is 11.5 Å². The molecule has 0 saturated heterocycles. The molecule has 0 aliphatic carbocycles. The number of nitrogens with zero attached hydrogens (tertiary/aromatic N) is 2. The second kappa shape index (κ2) is 8.12. The first-order valence-corrected chi connectivity index (χ1v) is 9.71. The number of hydrogen-bond donors (Lipinski definition) is 1. The Morgan fingerprint density at radius 1 is 0.839 bits per heavy atom. The van der Waals surface area contributed by atoms with Gasteiger partial charge in [-0.2, -0.15) is 4.98 Å². The third-order valence-corrected chi connectivity index (χ3v) is 4.65. The van der Waals surface area contributed by atoms with Gasteiger partial charge in [0.2, 0.25) is 11.8 Å². The van der Waals surface area contributed by atoms with E-state index < -0.39 is 0 Å². The molecule has 6 nitrogen and oxygen atoms in total. The zero-order valence-corrected chi connectivity index (χ0v) is 16.4. The maximum absolute atomic E-state index is 12.3.